The van der Waals surface area contributed by atoms with Crippen LogP contribution in [0.5, 0.6) is 0 Å². The first-order valence-corrected chi connectivity index (χ1v) is 12.6. The Balaban J connectivity index is 1.83. The molecule has 4 rings (SSSR count). The predicted molar refractivity (Wildman–Crippen MR) is 135 cm³/mol. The molecule has 2 nitrogen and oxygen atoms in total. The number of thiophene rings is 1. The van der Waals surface area contributed by atoms with Gasteiger partial charge >= 0.3 is 0 Å². The van der Waals surface area contributed by atoms with E-state index in [2.05, 4.69) is 69.8 Å². The summed E-state index contributed by atoms with van der Waals surface area (Å²) in [5, 5.41) is 9.53. The van der Waals surface area contributed by atoms with Gasteiger partial charge in [-0.25, -0.2) is 0 Å². The van der Waals surface area contributed by atoms with Crippen molar-refractivity contribution in [2.45, 2.75) is 44.9 Å². The highest BCUT2D eigenvalue weighted by atomic mass is 32.2. The van der Waals surface area contributed by atoms with Crippen molar-refractivity contribution in [2.75, 3.05) is 12.8 Å². The van der Waals surface area contributed by atoms with Gasteiger partial charge in [0.05, 0.1) is 16.3 Å². The third-order valence-electron chi connectivity index (χ3n) is 5.43. The number of fused-ring (bicyclic) bond motifs is 2. The number of hydrogen-bond donors (Lipinski definition) is 0. The van der Waals surface area contributed by atoms with Crippen LogP contribution < -0.4 is 0 Å². The van der Waals surface area contributed by atoms with Gasteiger partial charge in [-0.05, 0) is 40.8 Å². The fourth-order valence-electron chi connectivity index (χ4n) is 3.99. The standard InChI is InChI=1S/C26H30N2S2/c1-6-14-29-26-23(16-20-12-9-11-19-10-7-8-13-21(19)20)30-25-22(15-17(2)3)27-28(5)18(4)24(25)26/h7-13,17H,4,6,14-16H2,1-3,5H3. The summed E-state index contributed by atoms with van der Waals surface area (Å²) in [5.41, 5.74) is 4.95. The Bertz CT molecular complexity index is 1100. The minimum absolute atomic E-state index is 0.576. The molecule has 4 heteroatoms. The largest absolute Gasteiger partial charge is 0.268 e. The average molecular weight is 435 g/mol. The Kier molecular flexibility index (Phi) is 6.35. The summed E-state index contributed by atoms with van der Waals surface area (Å²) in [5.74, 6) is 1.70. The highest BCUT2D eigenvalue weighted by Crippen LogP contribution is 2.45. The Hall–Kier alpha value is -2.04. The first kappa shape index (κ1) is 21.2. The molecule has 0 aliphatic carbocycles. The van der Waals surface area contributed by atoms with E-state index in [1.165, 1.54) is 42.3 Å². The maximum atomic E-state index is 4.89. The molecular weight excluding hydrogens is 404 g/mol. The van der Waals surface area contributed by atoms with Crippen molar-refractivity contribution in [1.29, 1.82) is 0 Å². The molecule has 0 spiro atoms. The quantitative estimate of drug-likeness (QED) is 0.355. The van der Waals surface area contributed by atoms with Crippen molar-refractivity contribution < 1.29 is 0 Å². The van der Waals surface area contributed by atoms with Gasteiger partial charge in [-0.1, -0.05) is 69.8 Å². The molecule has 1 aliphatic heterocycles. The van der Waals surface area contributed by atoms with Gasteiger partial charge in [0, 0.05) is 28.8 Å². The maximum Gasteiger partial charge on any atom is 0.0791 e. The van der Waals surface area contributed by atoms with E-state index in [1.54, 1.807) is 0 Å². The smallest absolute Gasteiger partial charge is 0.0791 e. The predicted octanol–water partition coefficient (Wildman–Crippen LogP) is 7.66. The number of benzene rings is 2. The molecule has 0 saturated carbocycles. The molecule has 0 unspecified atom stereocenters. The number of hydrogen-bond acceptors (Lipinski definition) is 4. The molecule has 0 saturated heterocycles. The third-order valence-corrected chi connectivity index (χ3v) is 8.15. The molecule has 0 fully saturated rings. The maximum absolute atomic E-state index is 4.89. The second-order valence-corrected chi connectivity index (χ2v) is 10.5. The number of rotatable bonds is 7. The minimum atomic E-state index is 0.576. The van der Waals surface area contributed by atoms with Crippen LogP contribution in [0.15, 0.2) is 59.0 Å². The second-order valence-electron chi connectivity index (χ2n) is 8.34. The molecular formula is C26H30N2S2. The summed E-state index contributed by atoms with van der Waals surface area (Å²) >= 11 is 3.92. The van der Waals surface area contributed by atoms with Crippen molar-refractivity contribution in [3.63, 3.8) is 0 Å². The van der Waals surface area contributed by atoms with Gasteiger partial charge in [0.1, 0.15) is 0 Å². The topological polar surface area (TPSA) is 15.6 Å². The number of nitrogens with zero attached hydrogens (tertiary/aromatic N) is 2. The van der Waals surface area contributed by atoms with Crippen LogP contribution in [0.4, 0.5) is 0 Å². The molecule has 30 heavy (non-hydrogen) atoms. The van der Waals surface area contributed by atoms with Gasteiger partial charge in [0.2, 0.25) is 0 Å². The Morgan fingerprint density at radius 2 is 1.90 bits per heavy atom. The summed E-state index contributed by atoms with van der Waals surface area (Å²) in [6, 6.07) is 15.4. The second kappa shape index (κ2) is 8.99. The zero-order chi connectivity index (χ0) is 21.3. The van der Waals surface area contributed by atoms with E-state index in [0.29, 0.717) is 5.92 Å². The zero-order valence-electron chi connectivity index (χ0n) is 18.4. The van der Waals surface area contributed by atoms with Crippen LogP contribution in [-0.2, 0) is 6.42 Å². The van der Waals surface area contributed by atoms with E-state index in [4.69, 9.17) is 5.10 Å². The van der Waals surface area contributed by atoms with Crippen molar-refractivity contribution in [1.82, 2.24) is 5.01 Å². The lowest BCUT2D eigenvalue weighted by Crippen LogP contribution is -2.21. The lowest BCUT2D eigenvalue weighted by atomic mass is 9.99. The van der Waals surface area contributed by atoms with Crippen molar-refractivity contribution >= 4 is 45.3 Å². The Labute approximate surface area is 188 Å². The van der Waals surface area contributed by atoms with Crippen LogP contribution in [0.1, 0.15) is 54.5 Å². The molecule has 1 aliphatic rings. The summed E-state index contributed by atoms with van der Waals surface area (Å²) < 4.78 is 0. The normalized spacial score (nSPS) is 13.8. The lowest BCUT2D eigenvalue weighted by molar-refractivity contribution is 0.506. The van der Waals surface area contributed by atoms with Gasteiger partial charge in [-0.2, -0.15) is 5.10 Å². The van der Waals surface area contributed by atoms with E-state index in [-0.39, 0.29) is 0 Å². The molecule has 0 amide bonds. The van der Waals surface area contributed by atoms with Gasteiger partial charge in [0.25, 0.3) is 0 Å². The van der Waals surface area contributed by atoms with Crippen LogP contribution in [0.3, 0.4) is 0 Å². The van der Waals surface area contributed by atoms with E-state index in [1.807, 2.05) is 35.2 Å². The molecule has 0 N–H and O–H groups in total. The molecule has 2 aromatic carbocycles. The molecule has 3 aromatic rings. The fourth-order valence-corrected chi connectivity index (χ4v) is 6.59. The van der Waals surface area contributed by atoms with Gasteiger partial charge < -0.3 is 0 Å². The van der Waals surface area contributed by atoms with Crippen LogP contribution in [0.25, 0.3) is 16.5 Å². The molecule has 156 valence electrons. The molecule has 2 heterocycles. The summed E-state index contributed by atoms with van der Waals surface area (Å²) in [4.78, 5) is 4.20. The van der Waals surface area contributed by atoms with E-state index in [0.717, 1.165) is 30.7 Å². The summed E-state index contributed by atoms with van der Waals surface area (Å²) in [6.07, 6.45) is 3.12. The number of hydrazone groups is 1. The zero-order valence-corrected chi connectivity index (χ0v) is 20.0. The number of thioether (sulfide) groups is 1. The van der Waals surface area contributed by atoms with Gasteiger partial charge in [0.15, 0.2) is 0 Å². The van der Waals surface area contributed by atoms with Crippen LogP contribution in [0, 0.1) is 5.92 Å². The summed E-state index contributed by atoms with van der Waals surface area (Å²) in [7, 11) is 2.03. The highest BCUT2D eigenvalue weighted by Gasteiger charge is 2.29. The Morgan fingerprint density at radius 1 is 1.13 bits per heavy atom. The summed E-state index contributed by atoms with van der Waals surface area (Å²) in [6.45, 7) is 11.2. The van der Waals surface area contributed by atoms with Crippen molar-refractivity contribution in [3.05, 3.63) is 69.9 Å². The highest BCUT2D eigenvalue weighted by molar-refractivity contribution is 7.99. The first-order valence-electron chi connectivity index (χ1n) is 10.8. The SMILES string of the molecule is C=C1c2c(sc(Cc3cccc4ccccc34)c2SCCC)C(CC(C)C)=NN1C. The van der Waals surface area contributed by atoms with Crippen LogP contribution in [-0.4, -0.2) is 23.5 Å². The van der Waals surface area contributed by atoms with Crippen LogP contribution in [0.2, 0.25) is 0 Å². The van der Waals surface area contributed by atoms with Crippen molar-refractivity contribution in [3.8, 4) is 0 Å². The van der Waals surface area contributed by atoms with E-state index in [9.17, 15) is 0 Å². The monoisotopic (exact) mass is 434 g/mol. The fraction of sp³-hybridized carbons (Fsp3) is 0.346. The molecule has 1 aromatic heterocycles. The van der Waals surface area contributed by atoms with Crippen LogP contribution >= 0.6 is 23.1 Å². The third kappa shape index (κ3) is 4.08. The van der Waals surface area contributed by atoms with Crippen molar-refractivity contribution in [2.24, 2.45) is 11.0 Å². The lowest BCUT2D eigenvalue weighted by Gasteiger charge is -2.25. The first-order chi connectivity index (χ1) is 14.5. The Morgan fingerprint density at radius 3 is 2.67 bits per heavy atom. The van der Waals surface area contributed by atoms with E-state index >= 15 is 0 Å². The van der Waals surface area contributed by atoms with E-state index < -0.39 is 0 Å². The minimum Gasteiger partial charge on any atom is -0.268 e. The average Bonchev–Trinajstić information content (AvgIpc) is 3.09. The molecule has 0 radical (unpaired) electrons. The molecule has 0 atom stereocenters. The molecule has 0 bridgehead atoms. The van der Waals surface area contributed by atoms with Gasteiger partial charge in [-0.3, -0.25) is 5.01 Å². The van der Waals surface area contributed by atoms with Gasteiger partial charge in [-0.15, -0.1) is 23.1 Å².